The van der Waals surface area contributed by atoms with E-state index in [0.717, 1.165) is 6.42 Å². The van der Waals surface area contributed by atoms with Gasteiger partial charge in [-0.1, -0.05) is 28.8 Å². The van der Waals surface area contributed by atoms with Crippen molar-refractivity contribution in [2.24, 2.45) is 11.7 Å². The van der Waals surface area contributed by atoms with Gasteiger partial charge in [0.2, 0.25) is 0 Å². The highest BCUT2D eigenvalue weighted by molar-refractivity contribution is 9.10. The average molecular weight is 274 g/mol. The van der Waals surface area contributed by atoms with Crippen LogP contribution >= 0.6 is 15.9 Å². The van der Waals surface area contributed by atoms with E-state index in [1.54, 1.807) is 6.07 Å². The van der Waals surface area contributed by atoms with Gasteiger partial charge in [-0.3, -0.25) is 0 Å². The molecule has 1 aliphatic carbocycles. The first-order valence-electron chi connectivity index (χ1n) is 5.01. The zero-order valence-corrected chi connectivity index (χ0v) is 9.80. The standard InChI is InChI=1S/C11H13BrFNO/c12-7-4-8(11(15)9(13)5-7)10(14)3-6-1-2-6/h4-6,10,15H,1-3,14H2/t10-/m1/s1. The van der Waals surface area contributed by atoms with Crippen molar-refractivity contribution in [3.8, 4) is 5.75 Å². The molecular formula is C11H13BrFNO. The summed E-state index contributed by atoms with van der Waals surface area (Å²) in [5.74, 6) is -0.279. The third-order valence-corrected chi connectivity index (χ3v) is 3.20. The number of phenols is 1. The molecule has 1 atom stereocenters. The molecule has 0 amide bonds. The van der Waals surface area contributed by atoms with Crippen LogP contribution < -0.4 is 5.73 Å². The van der Waals surface area contributed by atoms with Gasteiger partial charge in [0, 0.05) is 16.1 Å². The van der Waals surface area contributed by atoms with Gasteiger partial charge in [-0.15, -0.1) is 0 Å². The molecule has 15 heavy (non-hydrogen) atoms. The highest BCUT2D eigenvalue weighted by Crippen LogP contribution is 2.39. The molecule has 0 aromatic heterocycles. The Hall–Kier alpha value is -0.610. The van der Waals surface area contributed by atoms with Crippen molar-refractivity contribution in [3.63, 3.8) is 0 Å². The van der Waals surface area contributed by atoms with Gasteiger partial charge in [0.15, 0.2) is 11.6 Å². The van der Waals surface area contributed by atoms with Crippen LogP contribution in [0.4, 0.5) is 4.39 Å². The summed E-state index contributed by atoms with van der Waals surface area (Å²) in [5, 5.41) is 9.55. The fraction of sp³-hybridized carbons (Fsp3) is 0.455. The molecule has 0 bridgehead atoms. The van der Waals surface area contributed by atoms with Gasteiger partial charge in [0.25, 0.3) is 0 Å². The second kappa shape index (κ2) is 4.10. The second-order valence-corrected chi connectivity index (χ2v) is 5.03. The van der Waals surface area contributed by atoms with Crippen LogP contribution in [0.2, 0.25) is 0 Å². The number of phenolic OH excluding ortho intramolecular Hbond substituents is 1. The summed E-state index contributed by atoms with van der Waals surface area (Å²) in [7, 11) is 0. The number of benzene rings is 1. The average Bonchev–Trinajstić information content (AvgIpc) is 2.94. The molecular weight excluding hydrogens is 261 g/mol. The number of hydrogen-bond donors (Lipinski definition) is 2. The lowest BCUT2D eigenvalue weighted by Crippen LogP contribution is -2.11. The Bertz CT molecular complexity index is 379. The third kappa shape index (κ3) is 2.49. The Morgan fingerprint density at radius 1 is 1.53 bits per heavy atom. The van der Waals surface area contributed by atoms with Crippen LogP contribution in [0, 0.1) is 11.7 Å². The Labute approximate surface area is 96.4 Å². The fourth-order valence-electron chi connectivity index (χ4n) is 1.71. The highest BCUT2D eigenvalue weighted by Gasteiger charge is 2.26. The maximum absolute atomic E-state index is 13.2. The van der Waals surface area contributed by atoms with Crippen molar-refractivity contribution in [2.75, 3.05) is 0 Å². The van der Waals surface area contributed by atoms with Crippen molar-refractivity contribution in [2.45, 2.75) is 25.3 Å². The molecule has 0 aliphatic heterocycles. The molecule has 4 heteroatoms. The lowest BCUT2D eigenvalue weighted by molar-refractivity contribution is 0.416. The molecule has 0 radical (unpaired) electrons. The molecule has 2 rings (SSSR count). The van der Waals surface area contributed by atoms with Crippen LogP contribution in [0.5, 0.6) is 5.75 Å². The van der Waals surface area contributed by atoms with E-state index in [-0.39, 0.29) is 11.8 Å². The van der Waals surface area contributed by atoms with Crippen LogP contribution in [0.25, 0.3) is 0 Å². The van der Waals surface area contributed by atoms with Gasteiger partial charge >= 0.3 is 0 Å². The van der Waals surface area contributed by atoms with Crippen molar-refractivity contribution in [3.05, 3.63) is 28.0 Å². The van der Waals surface area contributed by atoms with Crippen LogP contribution in [0.15, 0.2) is 16.6 Å². The van der Waals surface area contributed by atoms with Gasteiger partial charge in [-0.05, 0) is 24.5 Å². The normalized spacial score (nSPS) is 17.8. The zero-order chi connectivity index (χ0) is 11.0. The molecule has 1 fully saturated rings. The summed E-state index contributed by atoms with van der Waals surface area (Å²) in [5.41, 5.74) is 6.42. The maximum atomic E-state index is 13.2. The SMILES string of the molecule is N[C@H](CC1CC1)c1cc(Br)cc(F)c1O. The summed E-state index contributed by atoms with van der Waals surface area (Å²) >= 11 is 3.19. The topological polar surface area (TPSA) is 46.2 Å². The van der Waals surface area contributed by atoms with E-state index >= 15 is 0 Å². The lowest BCUT2D eigenvalue weighted by Gasteiger charge is -2.14. The molecule has 0 saturated heterocycles. The first-order chi connectivity index (χ1) is 7.08. The number of hydrogen-bond acceptors (Lipinski definition) is 2. The first kappa shape index (κ1) is 10.9. The van der Waals surface area contributed by atoms with Gasteiger partial charge in [-0.2, -0.15) is 0 Å². The minimum absolute atomic E-state index is 0.274. The van der Waals surface area contributed by atoms with E-state index in [1.165, 1.54) is 18.9 Å². The van der Waals surface area contributed by atoms with Crippen molar-refractivity contribution >= 4 is 15.9 Å². The zero-order valence-electron chi connectivity index (χ0n) is 8.21. The molecule has 0 spiro atoms. The van der Waals surface area contributed by atoms with Gasteiger partial charge in [-0.25, -0.2) is 4.39 Å². The second-order valence-electron chi connectivity index (χ2n) is 4.11. The minimum Gasteiger partial charge on any atom is -0.505 e. The molecule has 82 valence electrons. The predicted molar refractivity (Wildman–Crippen MR) is 60.0 cm³/mol. The Kier molecular flexibility index (Phi) is 2.98. The van der Waals surface area contributed by atoms with E-state index in [4.69, 9.17) is 5.73 Å². The number of halogens is 2. The predicted octanol–water partition coefficient (Wildman–Crippen LogP) is 3.09. The maximum Gasteiger partial charge on any atom is 0.166 e. The van der Waals surface area contributed by atoms with E-state index in [0.29, 0.717) is 16.0 Å². The van der Waals surface area contributed by atoms with E-state index in [9.17, 15) is 9.50 Å². The van der Waals surface area contributed by atoms with Gasteiger partial charge < -0.3 is 10.8 Å². The van der Waals surface area contributed by atoms with Crippen LogP contribution in [-0.2, 0) is 0 Å². The molecule has 1 aromatic carbocycles. The van der Waals surface area contributed by atoms with E-state index < -0.39 is 5.82 Å². The summed E-state index contributed by atoms with van der Waals surface area (Å²) in [6.45, 7) is 0. The molecule has 0 unspecified atom stereocenters. The third-order valence-electron chi connectivity index (χ3n) is 2.74. The monoisotopic (exact) mass is 273 g/mol. The molecule has 1 aliphatic rings. The molecule has 1 aromatic rings. The lowest BCUT2D eigenvalue weighted by atomic mass is 10.0. The van der Waals surface area contributed by atoms with Crippen molar-refractivity contribution in [1.82, 2.24) is 0 Å². The largest absolute Gasteiger partial charge is 0.505 e. The molecule has 2 nitrogen and oxygen atoms in total. The fourth-order valence-corrected chi connectivity index (χ4v) is 2.16. The quantitative estimate of drug-likeness (QED) is 0.889. The number of nitrogens with two attached hydrogens (primary N) is 1. The first-order valence-corrected chi connectivity index (χ1v) is 5.80. The van der Waals surface area contributed by atoms with Crippen LogP contribution in [-0.4, -0.2) is 5.11 Å². The summed E-state index contributed by atoms with van der Waals surface area (Å²) in [6.07, 6.45) is 3.22. The van der Waals surface area contributed by atoms with Crippen molar-refractivity contribution < 1.29 is 9.50 Å². The summed E-state index contributed by atoms with van der Waals surface area (Å²) in [6, 6.07) is 2.65. The van der Waals surface area contributed by atoms with Crippen LogP contribution in [0.3, 0.4) is 0 Å². The van der Waals surface area contributed by atoms with Gasteiger partial charge in [0.1, 0.15) is 0 Å². The number of rotatable bonds is 3. The summed E-state index contributed by atoms with van der Waals surface area (Å²) in [4.78, 5) is 0. The van der Waals surface area contributed by atoms with E-state index in [2.05, 4.69) is 15.9 Å². The Morgan fingerprint density at radius 3 is 2.80 bits per heavy atom. The molecule has 0 heterocycles. The van der Waals surface area contributed by atoms with Crippen LogP contribution in [0.1, 0.15) is 30.9 Å². The number of aromatic hydroxyl groups is 1. The van der Waals surface area contributed by atoms with Gasteiger partial charge in [0.05, 0.1) is 0 Å². The molecule has 3 N–H and O–H groups in total. The Morgan fingerprint density at radius 2 is 2.20 bits per heavy atom. The molecule has 1 saturated carbocycles. The smallest absolute Gasteiger partial charge is 0.166 e. The van der Waals surface area contributed by atoms with E-state index in [1.807, 2.05) is 0 Å². The highest BCUT2D eigenvalue weighted by atomic mass is 79.9. The minimum atomic E-state index is -0.620. The summed E-state index contributed by atoms with van der Waals surface area (Å²) < 4.78 is 13.8. The van der Waals surface area contributed by atoms with Crippen molar-refractivity contribution in [1.29, 1.82) is 0 Å². The Balaban J connectivity index is 2.24.